The van der Waals surface area contributed by atoms with Gasteiger partial charge in [0.2, 0.25) is 5.91 Å². The topological polar surface area (TPSA) is 102 Å². The fourth-order valence-electron chi connectivity index (χ4n) is 6.68. The van der Waals surface area contributed by atoms with E-state index in [0.717, 1.165) is 97.2 Å². The zero-order valence-electron chi connectivity index (χ0n) is 27.8. The first-order valence-corrected chi connectivity index (χ1v) is 17.1. The number of H-pyrrole nitrogens is 1. The smallest absolute Gasteiger partial charge is 0.253 e. The maximum absolute atomic E-state index is 13.9. The van der Waals surface area contributed by atoms with Crippen molar-refractivity contribution in [1.82, 2.24) is 20.2 Å². The van der Waals surface area contributed by atoms with Crippen molar-refractivity contribution < 1.29 is 9.59 Å². The molecule has 0 atom stereocenters. The lowest BCUT2D eigenvalue weighted by molar-refractivity contribution is -0.119. The van der Waals surface area contributed by atoms with Crippen molar-refractivity contribution in [3.05, 3.63) is 74.8 Å². The molecule has 3 heterocycles. The Balaban J connectivity index is 1.27. The molecule has 3 fully saturated rings. The Morgan fingerprint density at radius 3 is 2.39 bits per heavy atom. The van der Waals surface area contributed by atoms with Crippen LogP contribution < -0.4 is 20.7 Å². The number of nitrogens with zero attached hydrogens (tertiary/aromatic N) is 4. The molecule has 2 amide bonds. The van der Waals surface area contributed by atoms with Crippen LogP contribution in [-0.2, 0) is 17.8 Å². The molecule has 0 spiro atoms. The Morgan fingerprint density at radius 1 is 1.00 bits per heavy atom. The van der Waals surface area contributed by atoms with Crippen LogP contribution in [0, 0.1) is 25.7 Å². The van der Waals surface area contributed by atoms with Gasteiger partial charge in [-0.15, -0.1) is 0 Å². The fourth-order valence-corrected chi connectivity index (χ4v) is 6.68. The number of hydrogen-bond donors (Lipinski definition) is 2. The van der Waals surface area contributed by atoms with Crippen molar-refractivity contribution in [3.63, 3.8) is 0 Å². The molecular weight excluding hydrogens is 576 g/mol. The molecule has 2 aromatic heterocycles. The molecule has 3 aromatic rings. The number of aryl methyl sites for hydroxylation is 2. The van der Waals surface area contributed by atoms with E-state index in [1.165, 1.54) is 19.4 Å². The Morgan fingerprint density at radius 2 is 1.76 bits per heavy atom. The molecule has 0 unspecified atom stereocenters. The van der Waals surface area contributed by atoms with Crippen LogP contribution in [0.5, 0.6) is 0 Å². The molecule has 2 N–H and O–H groups in total. The summed E-state index contributed by atoms with van der Waals surface area (Å²) in [5.74, 6) is 1.76. The predicted molar refractivity (Wildman–Crippen MR) is 184 cm³/mol. The number of pyridine rings is 2. The molecular formula is C37H48N6O3. The number of piperazine rings is 1. The second-order valence-corrected chi connectivity index (χ2v) is 13.4. The van der Waals surface area contributed by atoms with Crippen LogP contribution >= 0.6 is 0 Å². The number of benzene rings is 1. The lowest BCUT2D eigenvalue weighted by atomic mass is 9.97. The van der Waals surface area contributed by atoms with E-state index in [0.29, 0.717) is 17.7 Å². The van der Waals surface area contributed by atoms with E-state index in [2.05, 4.69) is 39.2 Å². The molecule has 2 saturated carbocycles. The van der Waals surface area contributed by atoms with E-state index in [9.17, 15) is 14.4 Å². The van der Waals surface area contributed by atoms with Gasteiger partial charge in [-0.25, -0.2) is 4.98 Å². The molecule has 1 saturated heterocycles. The first-order valence-electron chi connectivity index (χ1n) is 17.1. The van der Waals surface area contributed by atoms with Crippen LogP contribution in [0.4, 0.5) is 11.5 Å². The maximum Gasteiger partial charge on any atom is 0.253 e. The third-order valence-corrected chi connectivity index (χ3v) is 9.72. The van der Waals surface area contributed by atoms with Gasteiger partial charge in [-0.2, -0.15) is 0 Å². The minimum atomic E-state index is -0.272. The molecule has 0 bridgehead atoms. The van der Waals surface area contributed by atoms with Crippen molar-refractivity contribution in [1.29, 1.82) is 0 Å². The highest BCUT2D eigenvalue weighted by Gasteiger charge is 2.34. The standard InChI is InChI=1S/C37H48N6O3/c1-5-7-28-18-24(3)40-36(45)32(28)22-39-35(44)31-19-30(20-33(25(31)4)43(6-2)37(46)27-10-11-27)29-12-13-34(38-21-29)42-16-14-41(15-17-42)23-26-8-9-26/h12-13,18-21,26-27H,5-11,14-17,22-23H2,1-4H3,(H,39,44)(H,40,45). The average Bonchev–Trinajstić information content (AvgIpc) is 3.98. The van der Waals surface area contributed by atoms with Crippen molar-refractivity contribution >= 4 is 23.3 Å². The number of rotatable bonds is 12. The van der Waals surface area contributed by atoms with Gasteiger partial charge in [-0.1, -0.05) is 13.3 Å². The molecule has 3 aliphatic rings. The SMILES string of the molecule is CCCc1cc(C)[nH]c(=O)c1CNC(=O)c1cc(-c2ccc(N3CCN(CC4CC4)CC3)nc2)cc(N(CC)C(=O)C2CC2)c1C. The Bertz CT molecular complexity index is 1630. The number of anilines is 2. The van der Waals surface area contributed by atoms with Gasteiger partial charge >= 0.3 is 0 Å². The van der Waals surface area contributed by atoms with Crippen LogP contribution in [0.1, 0.15) is 78.7 Å². The number of aromatic amines is 1. The van der Waals surface area contributed by atoms with Gasteiger partial charge in [-0.05, 0) is 106 Å². The molecule has 9 heteroatoms. The summed E-state index contributed by atoms with van der Waals surface area (Å²) in [6.07, 6.45) is 8.13. The summed E-state index contributed by atoms with van der Waals surface area (Å²) in [5, 5.41) is 3.02. The van der Waals surface area contributed by atoms with Crippen molar-refractivity contribution in [3.8, 4) is 11.1 Å². The van der Waals surface area contributed by atoms with E-state index in [1.54, 1.807) is 0 Å². The summed E-state index contributed by atoms with van der Waals surface area (Å²) >= 11 is 0. The van der Waals surface area contributed by atoms with Gasteiger partial charge in [0.1, 0.15) is 5.82 Å². The Hall–Kier alpha value is -3.98. The van der Waals surface area contributed by atoms with E-state index in [1.807, 2.05) is 50.1 Å². The first-order chi connectivity index (χ1) is 22.2. The van der Waals surface area contributed by atoms with Crippen molar-refractivity contribution in [2.75, 3.05) is 49.1 Å². The van der Waals surface area contributed by atoms with Crippen LogP contribution in [0.3, 0.4) is 0 Å². The molecule has 0 radical (unpaired) electrons. The molecule has 6 rings (SSSR count). The van der Waals surface area contributed by atoms with Gasteiger partial charge in [0.05, 0.1) is 0 Å². The Kier molecular flexibility index (Phi) is 9.59. The number of carbonyl (C=O) groups is 2. The Labute approximate surface area is 272 Å². The van der Waals surface area contributed by atoms with Gasteiger partial charge in [0.25, 0.3) is 11.5 Å². The van der Waals surface area contributed by atoms with Gasteiger partial charge in [0, 0.05) is 86.0 Å². The summed E-state index contributed by atoms with van der Waals surface area (Å²) < 4.78 is 0. The number of nitrogens with one attached hydrogen (secondary N) is 2. The number of aromatic nitrogens is 2. The number of amides is 2. The molecule has 2 aliphatic carbocycles. The first kappa shape index (κ1) is 32.0. The second-order valence-electron chi connectivity index (χ2n) is 13.4. The predicted octanol–water partition coefficient (Wildman–Crippen LogP) is 5.23. The minimum Gasteiger partial charge on any atom is -0.354 e. The number of hydrogen-bond acceptors (Lipinski definition) is 6. The molecule has 244 valence electrons. The van der Waals surface area contributed by atoms with Crippen LogP contribution in [0.2, 0.25) is 0 Å². The fraction of sp³-hybridized carbons (Fsp3) is 0.514. The second kappa shape index (κ2) is 13.8. The molecule has 9 nitrogen and oxygen atoms in total. The molecule has 1 aromatic carbocycles. The third kappa shape index (κ3) is 7.20. The monoisotopic (exact) mass is 624 g/mol. The summed E-state index contributed by atoms with van der Waals surface area (Å²) in [7, 11) is 0. The van der Waals surface area contributed by atoms with Gasteiger partial charge in [0.15, 0.2) is 0 Å². The van der Waals surface area contributed by atoms with Crippen LogP contribution in [0.25, 0.3) is 11.1 Å². The highest BCUT2D eigenvalue weighted by Crippen LogP contribution is 2.37. The van der Waals surface area contributed by atoms with Crippen LogP contribution in [0.15, 0.2) is 41.3 Å². The minimum absolute atomic E-state index is 0.0521. The van der Waals surface area contributed by atoms with Gasteiger partial charge < -0.3 is 20.1 Å². The molecule has 1 aliphatic heterocycles. The largest absolute Gasteiger partial charge is 0.354 e. The van der Waals surface area contributed by atoms with E-state index >= 15 is 0 Å². The lowest BCUT2D eigenvalue weighted by Crippen LogP contribution is -2.47. The van der Waals surface area contributed by atoms with Gasteiger partial charge in [-0.3, -0.25) is 19.3 Å². The third-order valence-electron chi connectivity index (χ3n) is 9.72. The maximum atomic E-state index is 13.9. The summed E-state index contributed by atoms with van der Waals surface area (Å²) in [6, 6.07) is 10.0. The summed E-state index contributed by atoms with van der Waals surface area (Å²) in [5.41, 5.74) is 5.90. The van der Waals surface area contributed by atoms with Crippen LogP contribution in [-0.4, -0.2) is 66.0 Å². The van der Waals surface area contributed by atoms with E-state index in [4.69, 9.17) is 4.98 Å². The van der Waals surface area contributed by atoms with Crippen molar-refractivity contribution in [2.45, 2.75) is 72.8 Å². The summed E-state index contributed by atoms with van der Waals surface area (Å²) in [6.45, 7) is 13.8. The highest BCUT2D eigenvalue weighted by atomic mass is 16.2. The van der Waals surface area contributed by atoms with Crippen molar-refractivity contribution in [2.24, 2.45) is 11.8 Å². The van der Waals surface area contributed by atoms with E-state index in [-0.39, 0.29) is 29.8 Å². The van der Waals surface area contributed by atoms with E-state index < -0.39 is 0 Å². The zero-order valence-corrected chi connectivity index (χ0v) is 27.8. The highest BCUT2D eigenvalue weighted by molar-refractivity contribution is 6.03. The normalized spacial score (nSPS) is 16.8. The average molecular weight is 625 g/mol. The lowest BCUT2D eigenvalue weighted by Gasteiger charge is -2.35. The quantitative estimate of drug-likeness (QED) is 0.286. The summed E-state index contributed by atoms with van der Waals surface area (Å²) in [4.78, 5) is 54.5. The molecule has 46 heavy (non-hydrogen) atoms. The number of carbonyl (C=O) groups excluding carboxylic acids is 2. The zero-order chi connectivity index (χ0) is 32.4.